The molecule has 70 valence electrons. The van der Waals surface area contributed by atoms with Crippen molar-refractivity contribution in [3.05, 3.63) is 0 Å². The molecule has 5 heteroatoms. The minimum Gasteiger partial charge on any atom is -0.387 e. The minimum atomic E-state index is -1.15. The molecule has 4 N–H and O–H groups in total. The summed E-state index contributed by atoms with van der Waals surface area (Å²) in [4.78, 5) is 0. The summed E-state index contributed by atoms with van der Waals surface area (Å²) in [6, 6.07) is 0. The SMILES string of the molecule is OC1C[N+]2(O)CC1CC(O)C2O. The Hall–Kier alpha value is -0.200. The number of hydroxylamine groups is 3. The van der Waals surface area contributed by atoms with Gasteiger partial charge < -0.3 is 15.3 Å². The highest BCUT2D eigenvalue weighted by Crippen LogP contribution is 2.35. The molecule has 0 saturated carbocycles. The maximum Gasteiger partial charge on any atom is 0.247 e. The third kappa shape index (κ3) is 0.982. The van der Waals surface area contributed by atoms with E-state index in [1.807, 2.05) is 0 Å². The van der Waals surface area contributed by atoms with Gasteiger partial charge in [-0.25, -0.2) is 5.21 Å². The molecule has 0 spiro atoms. The molecule has 0 aromatic rings. The van der Waals surface area contributed by atoms with Crippen LogP contribution in [-0.2, 0) is 0 Å². The highest BCUT2D eigenvalue weighted by atomic mass is 16.6. The Balaban J connectivity index is 2.24. The third-order valence-corrected chi connectivity index (χ3v) is 2.98. The van der Waals surface area contributed by atoms with Gasteiger partial charge in [0.25, 0.3) is 0 Å². The summed E-state index contributed by atoms with van der Waals surface area (Å²) in [6.07, 6.45) is -2.28. The summed E-state index contributed by atoms with van der Waals surface area (Å²) in [6.45, 7) is 0.474. The molecule has 2 fully saturated rings. The number of quaternary nitrogens is 1. The quantitative estimate of drug-likeness (QED) is 0.330. The molecule has 2 aliphatic heterocycles. The summed E-state index contributed by atoms with van der Waals surface area (Å²) in [5.41, 5.74) is 0. The molecule has 0 aromatic carbocycles. The summed E-state index contributed by atoms with van der Waals surface area (Å²) in [5, 5.41) is 37.8. The monoisotopic (exact) mass is 176 g/mol. The molecule has 2 heterocycles. The first-order chi connectivity index (χ1) is 5.53. The van der Waals surface area contributed by atoms with Gasteiger partial charge in [-0.05, 0) is 6.42 Å². The van der Waals surface area contributed by atoms with Gasteiger partial charge in [-0.2, -0.15) is 4.65 Å². The lowest BCUT2D eigenvalue weighted by Crippen LogP contribution is -2.59. The summed E-state index contributed by atoms with van der Waals surface area (Å²) >= 11 is 0. The fourth-order valence-electron chi connectivity index (χ4n) is 2.28. The van der Waals surface area contributed by atoms with Crippen molar-refractivity contribution in [1.82, 2.24) is 0 Å². The highest BCUT2D eigenvalue weighted by molar-refractivity contribution is 4.83. The number of hydrogen-bond acceptors (Lipinski definition) is 4. The van der Waals surface area contributed by atoms with Crippen LogP contribution in [0.4, 0.5) is 0 Å². The molecule has 0 aliphatic carbocycles. The van der Waals surface area contributed by atoms with Gasteiger partial charge in [-0.1, -0.05) is 0 Å². The second-order valence-corrected chi connectivity index (χ2v) is 3.90. The molecular formula is C7H14NO4+. The van der Waals surface area contributed by atoms with E-state index in [1.54, 1.807) is 0 Å². The molecule has 5 atom stereocenters. The van der Waals surface area contributed by atoms with E-state index in [2.05, 4.69) is 0 Å². The van der Waals surface area contributed by atoms with E-state index in [4.69, 9.17) is 0 Å². The number of nitrogens with zero attached hydrogens (tertiary/aromatic N) is 1. The van der Waals surface area contributed by atoms with Gasteiger partial charge in [0.05, 0.1) is 0 Å². The molecular weight excluding hydrogens is 162 g/mol. The van der Waals surface area contributed by atoms with E-state index < -0.39 is 23.1 Å². The highest BCUT2D eigenvalue weighted by Gasteiger charge is 2.56. The number of aliphatic hydroxyl groups is 3. The molecule has 5 unspecified atom stereocenters. The summed E-state index contributed by atoms with van der Waals surface area (Å²) in [5.74, 6) is -0.0756. The maximum absolute atomic E-state index is 9.70. The molecule has 5 nitrogen and oxygen atoms in total. The van der Waals surface area contributed by atoms with E-state index >= 15 is 0 Å². The Morgan fingerprint density at radius 1 is 1.00 bits per heavy atom. The fraction of sp³-hybridized carbons (Fsp3) is 1.00. The Labute approximate surface area is 70.0 Å². The Morgan fingerprint density at radius 3 is 2.33 bits per heavy atom. The van der Waals surface area contributed by atoms with Gasteiger partial charge in [-0.3, -0.25) is 0 Å². The summed E-state index contributed by atoms with van der Waals surface area (Å²) in [7, 11) is 0. The fourth-order valence-corrected chi connectivity index (χ4v) is 2.28. The van der Waals surface area contributed by atoms with Crippen LogP contribution in [0.25, 0.3) is 0 Å². The lowest BCUT2D eigenvalue weighted by atomic mass is 9.96. The second kappa shape index (κ2) is 2.40. The zero-order valence-electron chi connectivity index (χ0n) is 6.67. The number of aliphatic hydroxyl groups excluding tert-OH is 3. The Morgan fingerprint density at radius 2 is 1.67 bits per heavy atom. The van der Waals surface area contributed by atoms with Gasteiger partial charge >= 0.3 is 0 Å². The van der Waals surface area contributed by atoms with Gasteiger partial charge in [0, 0.05) is 5.92 Å². The van der Waals surface area contributed by atoms with Crippen LogP contribution >= 0.6 is 0 Å². The first-order valence-corrected chi connectivity index (χ1v) is 4.16. The zero-order valence-corrected chi connectivity index (χ0v) is 6.67. The van der Waals surface area contributed by atoms with Crippen LogP contribution in [0.5, 0.6) is 0 Å². The van der Waals surface area contributed by atoms with Gasteiger partial charge in [0.1, 0.15) is 25.3 Å². The van der Waals surface area contributed by atoms with E-state index in [1.165, 1.54) is 0 Å². The van der Waals surface area contributed by atoms with Crippen LogP contribution < -0.4 is 0 Å². The van der Waals surface area contributed by atoms with Crippen molar-refractivity contribution in [1.29, 1.82) is 0 Å². The average molecular weight is 176 g/mol. The smallest absolute Gasteiger partial charge is 0.247 e. The molecule has 2 aliphatic rings. The van der Waals surface area contributed by atoms with E-state index in [-0.39, 0.29) is 12.5 Å². The molecule has 0 amide bonds. The van der Waals surface area contributed by atoms with Crippen LogP contribution in [0.3, 0.4) is 0 Å². The van der Waals surface area contributed by atoms with Crippen LogP contribution in [0.1, 0.15) is 6.42 Å². The van der Waals surface area contributed by atoms with Crippen molar-refractivity contribution in [2.75, 3.05) is 13.1 Å². The van der Waals surface area contributed by atoms with Crippen molar-refractivity contribution in [2.45, 2.75) is 24.9 Å². The number of fused-ring (bicyclic) bond motifs is 2. The second-order valence-electron chi connectivity index (χ2n) is 3.90. The predicted molar refractivity (Wildman–Crippen MR) is 37.9 cm³/mol. The summed E-state index contributed by atoms with van der Waals surface area (Å²) < 4.78 is -0.590. The standard InChI is InChI=1S/C7H14NO4/c9-5-1-4-2-8(12,7(5)11)3-6(4)10/h4-7,9-12H,1-3H2/q+1. The van der Waals surface area contributed by atoms with Crippen molar-refractivity contribution in [3.63, 3.8) is 0 Å². The van der Waals surface area contributed by atoms with Crippen molar-refractivity contribution >= 4 is 0 Å². The van der Waals surface area contributed by atoms with E-state index in [9.17, 15) is 20.5 Å². The minimum absolute atomic E-state index is 0.0756. The Kier molecular flexibility index (Phi) is 1.68. The van der Waals surface area contributed by atoms with Gasteiger partial charge in [0.2, 0.25) is 6.23 Å². The topological polar surface area (TPSA) is 80.9 Å². The van der Waals surface area contributed by atoms with Gasteiger partial charge in [-0.15, -0.1) is 0 Å². The predicted octanol–water partition coefficient (Wildman–Crippen LogP) is -1.73. The van der Waals surface area contributed by atoms with Crippen LogP contribution in [0.15, 0.2) is 0 Å². The third-order valence-electron chi connectivity index (χ3n) is 2.98. The molecule has 12 heavy (non-hydrogen) atoms. The first kappa shape index (κ1) is 8.40. The number of piperidine rings is 1. The van der Waals surface area contributed by atoms with Gasteiger partial charge in [0.15, 0.2) is 0 Å². The van der Waals surface area contributed by atoms with Crippen molar-refractivity contribution < 1.29 is 25.2 Å². The molecule has 2 rings (SSSR count). The van der Waals surface area contributed by atoms with E-state index in [0.29, 0.717) is 13.0 Å². The van der Waals surface area contributed by atoms with Crippen molar-refractivity contribution in [3.8, 4) is 0 Å². The van der Waals surface area contributed by atoms with Crippen LogP contribution in [0.2, 0.25) is 0 Å². The zero-order chi connectivity index (χ0) is 8.93. The van der Waals surface area contributed by atoms with Crippen molar-refractivity contribution in [2.24, 2.45) is 5.92 Å². The largest absolute Gasteiger partial charge is 0.387 e. The number of hydrogen-bond donors (Lipinski definition) is 4. The van der Waals surface area contributed by atoms with E-state index in [0.717, 1.165) is 0 Å². The maximum atomic E-state index is 9.70. The molecule has 2 bridgehead atoms. The van der Waals surface area contributed by atoms with Crippen LogP contribution in [-0.4, -0.2) is 56.7 Å². The average Bonchev–Trinajstić information content (AvgIpc) is 2.22. The lowest BCUT2D eigenvalue weighted by Gasteiger charge is -2.35. The lowest BCUT2D eigenvalue weighted by molar-refractivity contribution is -1.13. The Bertz CT molecular complexity index is 196. The van der Waals surface area contributed by atoms with Crippen LogP contribution in [0, 0.1) is 5.92 Å². The first-order valence-electron chi connectivity index (χ1n) is 4.16. The number of rotatable bonds is 0. The molecule has 0 aromatic heterocycles. The molecule has 0 radical (unpaired) electrons. The normalized spacial score (nSPS) is 59.0. The molecule has 2 saturated heterocycles.